The lowest BCUT2D eigenvalue weighted by atomic mass is 10.3. The van der Waals surface area contributed by atoms with Gasteiger partial charge in [0.2, 0.25) is 0 Å². The van der Waals surface area contributed by atoms with E-state index in [9.17, 15) is 0 Å². The molecule has 1 aromatic carbocycles. The third-order valence-corrected chi connectivity index (χ3v) is 2.81. The number of nitrogens with zero attached hydrogens (tertiary/aromatic N) is 2. The van der Waals surface area contributed by atoms with Gasteiger partial charge in [-0.2, -0.15) is 5.10 Å². The van der Waals surface area contributed by atoms with Gasteiger partial charge < -0.3 is 5.73 Å². The number of nitrogens with one attached hydrogen (secondary N) is 1. The molecule has 3 N–H and O–H groups in total. The van der Waals surface area contributed by atoms with E-state index in [2.05, 4.69) is 26.1 Å². The van der Waals surface area contributed by atoms with E-state index in [0.29, 0.717) is 11.3 Å². The summed E-state index contributed by atoms with van der Waals surface area (Å²) in [6.45, 7) is 0.350. The number of nitrogens with two attached hydrogens (primary N) is 1. The van der Waals surface area contributed by atoms with Crippen LogP contribution in [0.4, 0.5) is 0 Å². The second kappa shape index (κ2) is 4.26. The topological polar surface area (TPSA) is 59.6 Å². The number of hydrogen-bond donors (Lipinski definition) is 2. The Labute approximate surface area is 100 Å². The Balaban J connectivity index is 2.57. The molecule has 0 saturated heterocycles. The molecule has 0 amide bonds. The second-order valence-electron chi connectivity index (χ2n) is 2.96. The molecule has 0 spiro atoms. The number of aromatic amines is 1. The predicted octanol–water partition coefficient (Wildman–Crippen LogP) is 2.15. The van der Waals surface area contributed by atoms with Gasteiger partial charge in [-0.3, -0.25) is 9.67 Å². The van der Waals surface area contributed by atoms with Crippen LogP contribution >= 0.6 is 28.1 Å². The molecule has 1 aromatic heterocycles. The molecule has 1 heterocycles. The van der Waals surface area contributed by atoms with Crippen molar-refractivity contribution in [1.82, 2.24) is 14.8 Å². The number of hydrogen-bond acceptors (Lipinski definition) is 3. The van der Waals surface area contributed by atoms with Crippen molar-refractivity contribution in [2.75, 3.05) is 0 Å². The molecule has 0 aliphatic heterocycles. The monoisotopic (exact) mass is 284 g/mol. The molecule has 0 radical (unpaired) electrons. The van der Waals surface area contributed by atoms with Gasteiger partial charge in [0.15, 0.2) is 4.77 Å². The zero-order valence-corrected chi connectivity index (χ0v) is 10.2. The predicted molar refractivity (Wildman–Crippen MR) is 64.3 cm³/mol. The maximum atomic E-state index is 5.57. The van der Waals surface area contributed by atoms with Gasteiger partial charge in [-0.25, -0.2) is 0 Å². The molecular weight excluding hydrogens is 276 g/mol. The molecular formula is C9H9BrN4S. The molecule has 2 aromatic rings. The maximum Gasteiger partial charge on any atom is 0.199 e. The Bertz CT molecular complexity index is 514. The quantitative estimate of drug-likeness (QED) is 0.831. The Kier molecular flexibility index (Phi) is 2.99. The highest BCUT2D eigenvalue weighted by Gasteiger charge is 2.05. The maximum absolute atomic E-state index is 5.57. The Hall–Kier alpha value is -0.980. The average molecular weight is 285 g/mol. The Morgan fingerprint density at radius 3 is 2.67 bits per heavy atom. The van der Waals surface area contributed by atoms with Gasteiger partial charge in [0.05, 0.1) is 6.54 Å². The number of rotatable bonds is 2. The first-order valence-corrected chi connectivity index (χ1v) is 5.55. The van der Waals surface area contributed by atoms with Crippen molar-refractivity contribution >= 4 is 28.1 Å². The van der Waals surface area contributed by atoms with Crippen LogP contribution < -0.4 is 5.73 Å². The summed E-state index contributed by atoms with van der Waals surface area (Å²) >= 11 is 8.51. The minimum absolute atomic E-state index is 0.350. The summed E-state index contributed by atoms with van der Waals surface area (Å²) in [6, 6.07) is 7.80. The Morgan fingerprint density at radius 2 is 2.07 bits per heavy atom. The van der Waals surface area contributed by atoms with Crippen molar-refractivity contribution in [2.24, 2.45) is 5.73 Å². The highest BCUT2D eigenvalue weighted by Crippen LogP contribution is 2.15. The van der Waals surface area contributed by atoms with Gasteiger partial charge in [0, 0.05) is 10.2 Å². The molecule has 4 nitrogen and oxygen atoms in total. The second-order valence-corrected chi connectivity index (χ2v) is 4.26. The van der Waals surface area contributed by atoms with Gasteiger partial charge in [0.25, 0.3) is 0 Å². The minimum atomic E-state index is 0.350. The van der Waals surface area contributed by atoms with Gasteiger partial charge in [-0.05, 0) is 36.5 Å². The van der Waals surface area contributed by atoms with Crippen LogP contribution in [0.1, 0.15) is 5.82 Å². The van der Waals surface area contributed by atoms with E-state index in [0.717, 1.165) is 16.0 Å². The number of benzene rings is 1. The summed E-state index contributed by atoms with van der Waals surface area (Å²) in [4.78, 5) is 0. The first kappa shape index (κ1) is 10.5. The fraction of sp³-hybridized carbons (Fsp3) is 0.111. The number of aromatic nitrogens is 3. The van der Waals surface area contributed by atoms with E-state index in [1.165, 1.54) is 0 Å². The molecule has 6 heteroatoms. The molecule has 0 bridgehead atoms. The van der Waals surface area contributed by atoms with E-state index >= 15 is 0 Å². The van der Waals surface area contributed by atoms with Gasteiger partial charge in [-0.1, -0.05) is 15.9 Å². The molecule has 0 aliphatic carbocycles. The molecule has 0 atom stereocenters. The van der Waals surface area contributed by atoms with Crippen molar-refractivity contribution in [2.45, 2.75) is 6.54 Å². The summed E-state index contributed by atoms with van der Waals surface area (Å²) in [5.74, 6) is 0.724. The summed E-state index contributed by atoms with van der Waals surface area (Å²) in [6.07, 6.45) is 0. The zero-order chi connectivity index (χ0) is 10.8. The van der Waals surface area contributed by atoms with Crippen molar-refractivity contribution in [1.29, 1.82) is 0 Å². The smallest absolute Gasteiger partial charge is 0.199 e. The lowest BCUT2D eigenvalue weighted by Crippen LogP contribution is -2.06. The number of halogens is 1. The van der Waals surface area contributed by atoms with E-state index in [1.54, 1.807) is 0 Å². The summed E-state index contributed by atoms with van der Waals surface area (Å²) in [5.41, 5.74) is 6.53. The Morgan fingerprint density at radius 1 is 1.40 bits per heavy atom. The van der Waals surface area contributed by atoms with Crippen LogP contribution in [0, 0.1) is 4.77 Å². The van der Waals surface area contributed by atoms with Crippen molar-refractivity contribution < 1.29 is 0 Å². The van der Waals surface area contributed by atoms with Crippen molar-refractivity contribution in [3.63, 3.8) is 0 Å². The van der Waals surface area contributed by atoms with E-state index in [-0.39, 0.29) is 0 Å². The molecule has 78 valence electrons. The summed E-state index contributed by atoms with van der Waals surface area (Å²) < 4.78 is 3.40. The highest BCUT2D eigenvalue weighted by molar-refractivity contribution is 9.10. The third-order valence-electron chi connectivity index (χ3n) is 2.01. The summed E-state index contributed by atoms with van der Waals surface area (Å²) in [7, 11) is 0. The largest absolute Gasteiger partial charge is 0.324 e. The first-order chi connectivity index (χ1) is 7.22. The third kappa shape index (κ3) is 2.01. The fourth-order valence-electron chi connectivity index (χ4n) is 1.32. The SMILES string of the molecule is NCc1n[nH]c(=S)n1-c1ccc(Br)cc1. The van der Waals surface area contributed by atoms with E-state index in [4.69, 9.17) is 18.0 Å². The minimum Gasteiger partial charge on any atom is -0.324 e. The molecule has 0 saturated carbocycles. The van der Waals surface area contributed by atoms with Gasteiger partial charge in [0.1, 0.15) is 5.82 Å². The molecule has 0 fully saturated rings. The molecule has 0 aliphatic rings. The average Bonchev–Trinajstić information content (AvgIpc) is 2.61. The molecule has 2 rings (SSSR count). The molecule has 0 unspecified atom stereocenters. The summed E-state index contributed by atoms with van der Waals surface area (Å²) in [5, 5.41) is 6.77. The van der Waals surface area contributed by atoms with Crippen LogP contribution in [0.25, 0.3) is 5.69 Å². The van der Waals surface area contributed by atoms with Crippen molar-refractivity contribution in [3.8, 4) is 5.69 Å². The van der Waals surface area contributed by atoms with Crippen molar-refractivity contribution in [3.05, 3.63) is 39.3 Å². The lowest BCUT2D eigenvalue weighted by molar-refractivity contribution is 0.857. The van der Waals surface area contributed by atoms with Crippen LogP contribution in [0.5, 0.6) is 0 Å². The highest BCUT2D eigenvalue weighted by atomic mass is 79.9. The van der Waals surface area contributed by atoms with Gasteiger partial charge >= 0.3 is 0 Å². The lowest BCUT2D eigenvalue weighted by Gasteiger charge is -2.04. The number of H-pyrrole nitrogens is 1. The van der Waals surface area contributed by atoms with E-state index < -0.39 is 0 Å². The van der Waals surface area contributed by atoms with Crippen LogP contribution in [0.2, 0.25) is 0 Å². The standard InChI is InChI=1S/C9H9BrN4S/c10-6-1-3-7(4-2-6)14-8(5-11)12-13-9(14)15/h1-4H,5,11H2,(H,13,15). The fourth-order valence-corrected chi connectivity index (χ4v) is 1.84. The van der Waals surface area contributed by atoms with Gasteiger partial charge in [-0.15, -0.1) is 0 Å². The van der Waals surface area contributed by atoms with Crippen LogP contribution in [-0.2, 0) is 6.54 Å². The zero-order valence-electron chi connectivity index (χ0n) is 7.77. The van der Waals surface area contributed by atoms with Crippen LogP contribution in [0.3, 0.4) is 0 Å². The molecule has 15 heavy (non-hydrogen) atoms. The van der Waals surface area contributed by atoms with Crippen LogP contribution in [-0.4, -0.2) is 14.8 Å². The van der Waals surface area contributed by atoms with Crippen LogP contribution in [0.15, 0.2) is 28.7 Å². The van der Waals surface area contributed by atoms with E-state index in [1.807, 2.05) is 28.8 Å². The first-order valence-electron chi connectivity index (χ1n) is 4.34. The normalized spacial score (nSPS) is 10.5.